The summed E-state index contributed by atoms with van der Waals surface area (Å²) in [6.07, 6.45) is 1.82. The second kappa shape index (κ2) is 7.06. The molecule has 0 unspecified atom stereocenters. The van der Waals surface area contributed by atoms with E-state index in [2.05, 4.69) is 9.62 Å². The highest BCUT2D eigenvalue weighted by atomic mass is 32.2. The molecule has 5 nitrogen and oxygen atoms in total. The van der Waals surface area contributed by atoms with Crippen molar-refractivity contribution in [2.75, 3.05) is 37.7 Å². The molecular weight excluding hydrogens is 276 g/mol. The van der Waals surface area contributed by atoms with E-state index >= 15 is 0 Å². The number of nitrogens with zero attached hydrogens (tertiary/aromatic N) is 1. The maximum Gasteiger partial charge on any atom is 0.240 e. The average Bonchev–Trinajstić information content (AvgIpc) is 2.48. The van der Waals surface area contributed by atoms with Crippen molar-refractivity contribution >= 4 is 15.7 Å². The van der Waals surface area contributed by atoms with Crippen molar-refractivity contribution in [3.05, 3.63) is 24.3 Å². The van der Waals surface area contributed by atoms with Crippen LogP contribution in [0.15, 0.2) is 29.2 Å². The predicted molar refractivity (Wildman–Crippen MR) is 79.6 cm³/mol. The second-order valence-electron chi connectivity index (χ2n) is 4.84. The van der Waals surface area contributed by atoms with Crippen LogP contribution < -0.4 is 9.62 Å². The van der Waals surface area contributed by atoms with E-state index in [1.165, 1.54) is 0 Å². The highest BCUT2D eigenvalue weighted by Crippen LogP contribution is 2.18. The van der Waals surface area contributed by atoms with Gasteiger partial charge < -0.3 is 9.64 Å². The van der Waals surface area contributed by atoms with Crippen LogP contribution >= 0.6 is 0 Å². The minimum absolute atomic E-state index is 0.325. The largest absolute Gasteiger partial charge is 0.378 e. The quantitative estimate of drug-likeness (QED) is 0.811. The summed E-state index contributed by atoms with van der Waals surface area (Å²) in [6.45, 7) is 5.66. The molecule has 1 aromatic rings. The summed E-state index contributed by atoms with van der Waals surface area (Å²) in [7, 11) is -3.37. The van der Waals surface area contributed by atoms with E-state index in [-0.39, 0.29) is 0 Å². The summed E-state index contributed by atoms with van der Waals surface area (Å²) >= 11 is 0. The molecule has 0 atom stereocenters. The van der Waals surface area contributed by atoms with Gasteiger partial charge in [0.1, 0.15) is 0 Å². The predicted octanol–water partition coefficient (Wildman–Crippen LogP) is 1.60. The van der Waals surface area contributed by atoms with Crippen molar-refractivity contribution in [3.8, 4) is 0 Å². The van der Waals surface area contributed by atoms with Crippen LogP contribution in [0, 0.1) is 0 Å². The van der Waals surface area contributed by atoms with Gasteiger partial charge >= 0.3 is 0 Å². The molecule has 20 heavy (non-hydrogen) atoms. The minimum Gasteiger partial charge on any atom is -0.378 e. The van der Waals surface area contributed by atoms with Gasteiger partial charge in [-0.2, -0.15) is 0 Å². The maximum absolute atomic E-state index is 12.0. The topological polar surface area (TPSA) is 58.6 Å². The molecule has 112 valence electrons. The molecule has 0 aliphatic carbocycles. The third-order valence-electron chi connectivity index (χ3n) is 3.35. The summed E-state index contributed by atoms with van der Waals surface area (Å²) in [5.41, 5.74) is 1.04. The Balaban J connectivity index is 2.03. The van der Waals surface area contributed by atoms with E-state index < -0.39 is 10.0 Å². The monoisotopic (exact) mass is 298 g/mol. The molecule has 1 aromatic carbocycles. The number of sulfonamides is 1. The molecule has 6 heteroatoms. The molecule has 0 amide bonds. The van der Waals surface area contributed by atoms with Crippen LogP contribution in [-0.4, -0.2) is 41.3 Å². The molecule has 0 bridgehead atoms. The first-order valence-electron chi connectivity index (χ1n) is 7.06. The number of anilines is 1. The average molecular weight is 298 g/mol. The molecule has 0 spiro atoms. The zero-order valence-electron chi connectivity index (χ0n) is 11.8. The Morgan fingerprint density at radius 1 is 1.20 bits per heavy atom. The number of ether oxygens (including phenoxy) is 1. The van der Waals surface area contributed by atoms with Crippen LogP contribution in [0.1, 0.15) is 19.8 Å². The molecule has 1 saturated heterocycles. The number of rotatable bonds is 6. The summed E-state index contributed by atoms with van der Waals surface area (Å²) < 4.78 is 32.0. The van der Waals surface area contributed by atoms with Crippen molar-refractivity contribution < 1.29 is 13.2 Å². The first-order chi connectivity index (χ1) is 9.63. The molecule has 1 N–H and O–H groups in total. The first-order valence-corrected chi connectivity index (χ1v) is 8.54. The minimum atomic E-state index is -3.37. The maximum atomic E-state index is 12.0. The lowest BCUT2D eigenvalue weighted by Crippen LogP contribution is -2.36. The highest BCUT2D eigenvalue weighted by molar-refractivity contribution is 7.89. The van der Waals surface area contributed by atoms with Crippen molar-refractivity contribution in [2.45, 2.75) is 24.7 Å². The van der Waals surface area contributed by atoms with Crippen LogP contribution in [0.4, 0.5) is 5.69 Å². The number of unbranched alkanes of at least 4 members (excludes halogenated alkanes) is 1. The van der Waals surface area contributed by atoms with E-state index in [1.54, 1.807) is 12.1 Å². The highest BCUT2D eigenvalue weighted by Gasteiger charge is 2.15. The standard InChI is InChI=1S/C14H22N2O3S/c1-2-3-8-15-20(17,18)14-6-4-13(5-7-14)16-9-11-19-12-10-16/h4-7,15H,2-3,8-12H2,1H3. The zero-order chi connectivity index (χ0) is 14.4. The zero-order valence-corrected chi connectivity index (χ0v) is 12.7. The van der Waals surface area contributed by atoms with Gasteiger partial charge in [-0.05, 0) is 30.7 Å². The fraction of sp³-hybridized carbons (Fsp3) is 0.571. The first kappa shape index (κ1) is 15.3. The van der Waals surface area contributed by atoms with Crippen molar-refractivity contribution in [1.82, 2.24) is 4.72 Å². The summed E-state index contributed by atoms with van der Waals surface area (Å²) in [5, 5.41) is 0. The molecule has 0 saturated carbocycles. The van der Waals surface area contributed by atoms with Crippen molar-refractivity contribution in [1.29, 1.82) is 0 Å². The van der Waals surface area contributed by atoms with Gasteiger partial charge in [-0.15, -0.1) is 0 Å². The smallest absolute Gasteiger partial charge is 0.240 e. The SMILES string of the molecule is CCCCNS(=O)(=O)c1ccc(N2CCOCC2)cc1. The number of benzene rings is 1. The number of morpholine rings is 1. The van der Waals surface area contributed by atoms with Gasteiger partial charge in [0.15, 0.2) is 0 Å². The fourth-order valence-corrected chi connectivity index (χ4v) is 3.20. The third kappa shape index (κ3) is 3.94. The van der Waals surface area contributed by atoms with Crippen molar-refractivity contribution in [2.24, 2.45) is 0 Å². The van der Waals surface area contributed by atoms with Gasteiger partial charge in [-0.1, -0.05) is 13.3 Å². The van der Waals surface area contributed by atoms with Gasteiger partial charge in [-0.3, -0.25) is 0 Å². The fourth-order valence-electron chi connectivity index (χ4n) is 2.12. The molecule has 1 aliphatic heterocycles. The van der Waals surface area contributed by atoms with E-state index in [0.717, 1.165) is 44.8 Å². The Morgan fingerprint density at radius 3 is 2.45 bits per heavy atom. The van der Waals surface area contributed by atoms with Crippen LogP contribution in [0.25, 0.3) is 0 Å². The molecule has 0 aromatic heterocycles. The lowest BCUT2D eigenvalue weighted by atomic mass is 10.2. The molecule has 0 radical (unpaired) electrons. The number of hydrogen-bond donors (Lipinski definition) is 1. The second-order valence-corrected chi connectivity index (χ2v) is 6.61. The molecule has 1 heterocycles. The number of hydrogen-bond acceptors (Lipinski definition) is 4. The van der Waals surface area contributed by atoms with Gasteiger partial charge in [0, 0.05) is 25.3 Å². The Kier molecular flexibility index (Phi) is 5.39. The van der Waals surface area contributed by atoms with Crippen LogP contribution in [0.3, 0.4) is 0 Å². The van der Waals surface area contributed by atoms with Crippen molar-refractivity contribution in [3.63, 3.8) is 0 Å². The van der Waals surface area contributed by atoms with E-state index in [1.807, 2.05) is 19.1 Å². The van der Waals surface area contributed by atoms with E-state index in [4.69, 9.17) is 4.74 Å². The Hall–Kier alpha value is -1.11. The normalized spacial score (nSPS) is 16.4. The van der Waals surface area contributed by atoms with Crippen LogP contribution in [-0.2, 0) is 14.8 Å². The summed E-state index contributed by atoms with van der Waals surface area (Å²) in [5.74, 6) is 0. The van der Waals surface area contributed by atoms with Crippen LogP contribution in [0.5, 0.6) is 0 Å². The van der Waals surface area contributed by atoms with Gasteiger partial charge in [0.05, 0.1) is 18.1 Å². The third-order valence-corrected chi connectivity index (χ3v) is 4.82. The summed E-state index contributed by atoms with van der Waals surface area (Å²) in [4.78, 5) is 2.52. The van der Waals surface area contributed by atoms with Gasteiger partial charge in [0.25, 0.3) is 0 Å². The molecular formula is C14H22N2O3S. The lowest BCUT2D eigenvalue weighted by Gasteiger charge is -2.28. The van der Waals surface area contributed by atoms with E-state index in [9.17, 15) is 8.42 Å². The summed E-state index contributed by atoms with van der Waals surface area (Å²) in [6, 6.07) is 7.05. The van der Waals surface area contributed by atoms with Crippen LogP contribution in [0.2, 0.25) is 0 Å². The molecule has 1 fully saturated rings. The van der Waals surface area contributed by atoms with Gasteiger partial charge in [-0.25, -0.2) is 13.1 Å². The Morgan fingerprint density at radius 2 is 1.85 bits per heavy atom. The van der Waals surface area contributed by atoms with E-state index in [0.29, 0.717) is 11.4 Å². The Bertz CT molecular complexity index is 508. The lowest BCUT2D eigenvalue weighted by molar-refractivity contribution is 0.122. The molecule has 2 rings (SSSR count). The van der Waals surface area contributed by atoms with Gasteiger partial charge in [0.2, 0.25) is 10.0 Å². The Labute approximate surface area is 121 Å². The molecule has 1 aliphatic rings. The number of nitrogens with one attached hydrogen (secondary N) is 1.